The number of rotatable bonds is 2. The predicted molar refractivity (Wildman–Crippen MR) is 110 cm³/mol. The van der Waals surface area contributed by atoms with Crippen molar-refractivity contribution in [2.75, 3.05) is 11.9 Å². The van der Waals surface area contributed by atoms with Crippen LogP contribution in [0.2, 0.25) is 5.02 Å². The zero-order valence-electron chi connectivity index (χ0n) is 16.9. The van der Waals surface area contributed by atoms with E-state index in [1.165, 1.54) is 4.90 Å². The second-order valence-electron chi connectivity index (χ2n) is 7.95. The number of aryl methyl sites for hydroxylation is 1. The van der Waals surface area contributed by atoms with Crippen LogP contribution in [0.5, 0.6) is 0 Å². The summed E-state index contributed by atoms with van der Waals surface area (Å²) in [4.78, 5) is 31.6. The van der Waals surface area contributed by atoms with Gasteiger partial charge in [0.2, 0.25) is 0 Å². The summed E-state index contributed by atoms with van der Waals surface area (Å²) < 4.78 is 7.45. The van der Waals surface area contributed by atoms with Gasteiger partial charge in [-0.05, 0) is 33.8 Å². The van der Waals surface area contributed by atoms with Crippen molar-refractivity contribution in [2.45, 2.75) is 33.9 Å². The van der Waals surface area contributed by atoms with Gasteiger partial charge in [-0.3, -0.25) is 9.59 Å². The average molecular weight is 402 g/mol. The van der Waals surface area contributed by atoms with Gasteiger partial charge in [-0.25, -0.2) is 4.99 Å². The van der Waals surface area contributed by atoms with Gasteiger partial charge in [-0.15, -0.1) is 0 Å². The molecule has 0 fully saturated rings. The third kappa shape index (κ3) is 3.44. The molecule has 1 aromatic heterocycles. The Bertz CT molecular complexity index is 985. The van der Waals surface area contributed by atoms with E-state index >= 15 is 0 Å². The summed E-state index contributed by atoms with van der Waals surface area (Å²) in [6.07, 6.45) is 0.586. The van der Waals surface area contributed by atoms with E-state index < -0.39 is 23.5 Å². The van der Waals surface area contributed by atoms with E-state index in [9.17, 15) is 9.59 Å². The molecule has 2 aromatic rings. The van der Waals surface area contributed by atoms with Gasteiger partial charge in [-0.1, -0.05) is 29.8 Å². The predicted octanol–water partition coefficient (Wildman–Crippen LogP) is 3.72. The Hall–Kier alpha value is -2.60. The molecule has 1 aliphatic heterocycles. The van der Waals surface area contributed by atoms with Crippen LogP contribution >= 0.6 is 11.6 Å². The highest BCUT2D eigenvalue weighted by Gasteiger charge is 2.37. The fourth-order valence-corrected chi connectivity index (χ4v) is 3.21. The maximum Gasteiger partial charge on any atom is 0.313 e. The number of hydrogen-bond donors (Lipinski definition) is 0. The first-order chi connectivity index (χ1) is 13.0. The molecule has 0 N–H and O–H groups in total. The third-order valence-corrected chi connectivity index (χ3v) is 5.14. The number of aromatic nitrogens is 1. The van der Waals surface area contributed by atoms with E-state index in [1.54, 1.807) is 33.9 Å². The van der Waals surface area contributed by atoms with Crippen LogP contribution in [-0.2, 0) is 21.4 Å². The van der Waals surface area contributed by atoms with Crippen LogP contribution in [-0.4, -0.2) is 35.4 Å². The monoisotopic (exact) mass is 401 g/mol. The number of benzene rings is 1. The zero-order chi connectivity index (χ0) is 20.8. The molecule has 2 heterocycles. The van der Waals surface area contributed by atoms with E-state index in [-0.39, 0.29) is 0 Å². The van der Waals surface area contributed by atoms with Crippen molar-refractivity contribution in [3.8, 4) is 0 Å². The molecular weight excluding hydrogens is 378 g/mol. The second-order valence-corrected chi connectivity index (χ2v) is 8.36. The highest BCUT2D eigenvalue weighted by molar-refractivity contribution is 6.36. The lowest BCUT2D eigenvalue weighted by Gasteiger charge is -2.22. The van der Waals surface area contributed by atoms with E-state index in [2.05, 4.69) is 4.99 Å². The zero-order valence-corrected chi connectivity index (χ0v) is 17.7. The number of hydrogen-bond acceptors (Lipinski definition) is 4. The summed E-state index contributed by atoms with van der Waals surface area (Å²) in [6, 6.07) is 7.30. The Labute approximate surface area is 169 Å². The normalized spacial score (nSPS) is 17.1. The van der Waals surface area contributed by atoms with Crippen molar-refractivity contribution in [2.24, 2.45) is 17.5 Å². The standard InChI is InChI=1S/C21H24ClN3O3/c1-12-16-15(11-24(12)5)25(6)19(26)18(28-20(27)21(2,3)4)23-17(16)13-9-7-8-10-14(13)22/h7-11,18H,1-6H3. The minimum Gasteiger partial charge on any atom is -0.430 e. The van der Waals surface area contributed by atoms with E-state index in [0.29, 0.717) is 22.0 Å². The summed E-state index contributed by atoms with van der Waals surface area (Å²) in [5, 5.41) is 0.508. The number of carbonyl (C=O) groups excluding carboxylic acids is 2. The lowest BCUT2D eigenvalue weighted by Crippen LogP contribution is -2.39. The number of carbonyl (C=O) groups is 2. The highest BCUT2D eigenvalue weighted by Crippen LogP contribution is 2.34. The first kappa shape index (κ1) is 20.1. The summed E-state index contributed by atoms with van der Waals surface area (Å²) in [5.41, 5.74) is 2.87. The third-order valence-electron chi connectivity index (χ3n) is 4.81. The van der Waals surface area contributed by atoms with Crippen molar-refractivity contribution in [3.05, 3.63) is 52.3 Å². The second kappa shape index (κ2) is 7.09. The van der Waals surface area contributed by atoms with Crippen molar-refractivity contribution >= 4 is 34.9 Å². The molecule has 28 heavy (non-hydrogen) atoms. The first-order valence-corrected chi connectivity index (χ1v) is 9.37. The van der Waals surface area contributed by atoms with Crippen LogP contribution in [0.25, 0.3) is 0 Å². The lowest BCUT2D eigenvalue weighted by atomic mass is 9.97. The molecule has 1 atom stereocenters. The molecule has 0 saturated carbocycles. The van der Waals surface area contributed by atoms with Crippen LogP contribution in [0.4, 0.5) is 5.69 Å². The largest absolute Gasteiger partial charge is 0.430 e. The quantitative estimate of drug-likeness (QED) is 0.720. The Balaban J connectivity index is 2.23. The van der Waals surface area contributed by atoms with Crippen LogP contribution in [0.1, 0.15) is 37.6 Å². The molecule has 1 aromatic carbocycles. The van der Waals surface area contributed by atoms with Crippen molar-refractivity contribution < 1.29 is 14.3 Å². The molecule has 0 spiro atoms. The van der Waals surface area contributed by atoms with Gasteiger partial charge in [0.25, 0.3) is 12.1 Å². The van der Waals surface area contributed by atoms with Gasteiger partial charge in [0.05, 0.1) is 16.8 Å². The van der Waals surface area contributed by atoms with Crippen LogP contribution in [0.3, 0.4) is 0 Å². The number of esters is 1. The van der Waals surface area contributed by atoms with Crippen LogP contribution in [0.15, 0.2) is 35.5 Å². The molecule has 6 nitrogen and oxygen atoms in total. The number of amides is 1. The number of fused-ring (bicyclic) bond motifs is 1. The molecule has 1 amide bonds. The lowest BCUT2D eigenvalue weighted by molar-refractivity contribution is -0.162. The Kier molecular flexibility index (Phi) is 5.10. The van der Waals surface area contributed by atoms with Gasteiger partial charge in [0.1, 0.15) is 0 Å². The molecule has 0 radical (unpaired) electrons. The number of halogens is 1. The van der Waals surface area contributed by atoms with Gasteiger partial charge in [0, 0.05) is 42.1 Å². The van der Waals surface area contributed by atoms with Gasteiger partial charge in [0.15, 0.2) is 0 Å². The topological polar surface area (TPSA) is 63.9 Å². The Morgan fingerprint density at radius 2 is 1.86 bits per heavy atom. The molecule has 148 valence electrons. The summed E-state index contributed by atoms with van der Waals surface area (Å²) in [6.45, 7) is 7.15. The number of likely N-dealkylation sites (N-methyl/N-ethyl adjacent to an activating group) is 1. The molecule has 7 heteroatoms. The molecule has 0 aliphatic carbocycles. The summed E-state index contributed by atoms with van der Waals surface area (Å²) in [7, 11) is 3.56. The fraction of sp³-hybridized carbons (Fsp3) is 0.381. The minimum absolute atomic E-state index is 0.411. The molecular formula is C21H24ClN3O3. The molecule has 0 saturated heterocycles. The minimum atomic E-state index is -1.28. The number of nitrogens with zero attached hydrogens (tertiary/aromatic N) is 3. The molecule has 3 rings (SSSR count). The smallest absolute Gasteiger partial charge is 0.313 e. The van der Waals surface area contributed by atoms with E-state index in [0.717, 1.165) is 11.3 Å². The van der Waals surface area contributed by atoms with Crippen molar-refractivity contribution in [1.82, 2.24) is 4.57 Å². The highest BCUT2D eigenvalue weighted by atomic mass is 35.5. The average Bonchev–Trinajstić information content (AvgIpc) is 2.87. The SMILES string of the molecule is Cc1c2c(cn1C)N(C)C(=O)C(OC(=O)C(C)(C)C)N=C2c1ccccc1Cl. The first-order valence-electron chi connectivity index (χ1n) is 9.00. The van der Waals surface area contributed by atoms with Crippen LogP contribution < -0.4 is 4.90 Å². The Morgan fingerprint density at radius 3 is 2.46 bits per heavy atom. The van der Waals surface area contributed by atoms with E-state index in [4.69, 9.17) is 16.3 Å². The summed E-state index contributed by atoms with van der Waals surface area (Å²) in [5.74, 6) is -0.906. The molecule has 1 unspecified atom stereocenters. The number of ether oxygens (including phenoxy) is 1. The van der Waals surface area contributed by atoms with Gasteiger partial charge < -0.3 is 14.2 Å². The maximum absolute atomic E-state index is 13.1. The van der Waals surface area contributed by atoms with E-state index in [1.807, 2.05) is 42.9 Å². The summed E-state index contributed by atoms with van der Waals surface area (Å²) >= 11 is 6.44. The maximum atomic E-state index is 13.1. The number of anilines is 1. The van der Waals surface area contributed by atoms with Gasteiger partial charge >= 0.3 is 5.97 Å². The molecule has 1 aliphatic rings. The Morgan fingerprint density at radius 1 is 1.21 bits per heavy atom. The van der Waals surface area contributed by atoms with Gasteiger partial charge in [-0.2, -0.15) is 0 Å². The van der Waals surface area contributed by atoms with Crippen molar-refractivity contribution in [3.63, 3.8) is 0 Å². The van der Waals surface area contributed by atoms with Crippen molar-refractivity contribution in [1.29, 1.82) is 0 Å². The number of aliphatic imine (C=N–C) groups is 1. The molecule has 0 bridgehead atoms. The fourth-order valence-electron chi connectivity index (χ4n) is 2.99. The van der Waals surface area contributed by atoms with Crippen LogP contribution in [0, 0.1) is 12.3 Å².